The Balaban J connectivity index is 2.81. The zero-order valence-electron chi connectivity index (χ0n) is 9.20. The summed E-state index contributed by atoms with van der Waals surface area (Å²) >= 11 is 0. The van der Waals surface area contributed by atoms with E-state index in [-0.39, 0.29) is 12.2 Å². The second-order valence-electron chi connectivity index (χ2n) is 3.29. The van der Waals surface area contributed by atoms with Gasteiger partial charge >= 0.3 is 5.97 Å². The van der Waals surface area contributed by atoms with Crippen molar-refractivity contribution in [2.75, 3.05) is 6.61 Å². The van der Waals surface area contributed by atoms with Crippen molar-refractivity contribution in [2.24, 2.45) is 0 Å². The number of esters is 1. The Hall–Kier alpha value is -1.71. The number of rotatable bonds is 4. The number of hydrogen-bond donors (Lipinski definition) is 0. The van der Waals surface area contributed by atoms with Gasteiger partial charge in [-0.15, -0.1) is 0 Å². The Kier molecular flexibility index (Phi) is 4.17. The van der Waals surface area contributed by atoms with E-state index in [9.17, 15) is 14.0 Å². The zero-order chi connectivity index (χ0) is 12.1. The van der Waals surface area contributed by atoms with Gasteiger partial charge in [0.05, 0.1) is 6.61 Å². The fourth-order valence-electron chi connectivity index (χ4n) is 1.21. The first-order valence-corrected chi connectivity index (χ1v) is 5.01. The third-order valence-corrected chi connectivity index (χ3v) is 2.09. The minimum Gasteiger partial charge on any atom is -0.460 e. The molecule has 1 aromatic carbocycles. The molecule has 0 amide bonds. The molecule has 0 radical (unpaired) electrons. The van der Waals surface area contributed by atoms with E-state index in [0.717, 1.165) is 0 Å². The lowest BCUT2D eigenvalue weighted by Crippen LogP contribution is -2.17. The van der Waals surface area contributed by atoms with Gasteiger partial charge in [0.2, 0.25) is 0 Å². The number of ketones is 1. The van der Waals surface area contributed by atoms with Gasteiger partial charge in [-0.2, -0.15) is 0 Å². The fraction of sp³-hybridized carbons (Fsp3) is 0.333. The van der Waals surface area contributed by atoms with E-state index in [1.807, 2.05) is 0 Å². The number of carbonyl (C=O) groups excluding carboxylic acids is 2. The standard InChI is InChI=1S/C12H13FO3/c1-3-16-12(15)11(14)10-6-4-9(5-7-10)8(2)13/h4-8H,3H2,1-2H3. The highest BCUT2D eigenvalue weighted by atomic mass is 19.1. The average molecular weight is 224 g/mol. The molecule has 0 heterocycles. The molecule has 0 N–H and O–H groups in total. The van der Waals surface area contributed by atoms with Crippen LogP contribution in [0.3, 0.4) is 0 Å². The predicted molar refractivity (Wildman–Crippen MR) is 56.9 cm³/mol. The normalized spacial score (nSPS) is 11.9. The molecule has 0 spiro atoms. The topological polar surface area (TPSA) is 43.4 Å². The van der Waals surface area contributed by atoms with Crippen LogP contribution in [0.5, 0.6) is 0 Å². The summed E-state index contributed by atoms with van der Waals surface area (Å²) in [6, 6.07) is 5.81. The minimum atomic E-state index is -1.09. The Labute approximate surface area is 93.2 Å². The summed E-state index contributed by atoms with van der Waals surface area (Å²) in [5.74, 6) is -1.59. The maximum absolute atomic E-state index is 12.9. The zero-order valence-corrected chi connectivity index (χ0v) is 9.20. The monoisotopic (exact) mass is 224 g/mol. The van der Waals surface area contributed by atoms with Gasteiger partial charge < -0.3 is 4.74 Å². The summed E-state index contributed by atoms with van der Waals surface area (Å²) in [6.45, 7) is 3.19. The first-order valence-electron chi connectivity index (χ1n) is 5.01. The number of hydrogen-bond acceptors (Lipinski definition) is 3. The molecule has 0 aliphatic rings. The molecule has 1 rings (SSSR count). The summed E-state index contributed by atoms with van der Waals surface area (Å²) in [5.41, 5.74) is 0.684. The first-order chi connectivity index (χ1) is 7.56. The van der Waals surface area contributed by atoms with Crippen LogP contribution in [0.1, 0.15) is 35.9 Å². The highest BCUT2D eigenvalue weighted by molar-refractivity contribution is 6.40. The van der Waals surface area contributed by atoms with Crippen molar-refractivity contribution in [3.63, 3.8) is 0 Å². The summed E-state index contributed by atoms with van der Waals surface area (Å²) < 4.78 is 17.4. The molecule has 0 fully saturated rings. The van der Waals surface area contributed by atoms with Crippen LogP contribution in [-0.4, -0.2) is 18.4 Å². The molecule has 0 aliphatic heterocycles. The summed E-state index contributed by atoms with van der Waals surface area (Å²) in [4.78, 5) is 22.6. The van der Waals surface area contributed by atoms with Crippen LogP contribution in [0, 0.1) is 0 Å². The average Bonchev–Trinajstić information content (AvgIpc) is 2.28. The van der Waals surface area contributed by atoms with Crippen molar-refractivity contribution in [2.45, 2.75) is 20.0 Å². The second kappa shape index (κ2) is 5.39. The van der Waals surface area contributed by atoms with E-state index in [1.165, 1.54) is 31.2 Å². The van der Waals surface area contributed by atoms with E-state index in [2.05, 4.69) is 4.74 Å². The number of halogens is 1. The van der Waals surface area contributed by atoms with E-state index in [0.29, 0.717) is 5.56 Å². The lowest BCUT2D eigenvalue weighted by Gasteiger charge is -2.04. The summed E-state index contributed by atoms with van der Waals surface area (Å²) in [7, 11) is 0. The highest BCUT2D eigenvalue weighted by Gasteiger charge is 2.17. The lowest BCUT2D eigenvalue weighted by molar-refractivity contribution is -0.137. The molecule has 1 atom stereocenters. The van der Waals surface area contributed by atoms with Gasteiger partial charge in [0, 0.05) is 5.56 Å². The van der Waals surface area contributed by atoms with Crippen molar-refractivity contribution >= 4 is 11.8 Å². The van der Waals surface area contributed by atoms with Crippen molar-refractivity contribution in [1.29, 1.82) is 0 Å². The molecule has 4 heteroatoms. The predicted octanol–water partition coefficient (Wildman–Crippen LogP) is 2.46. The minimum absolute atomic E-state index is 0.157. The smallest absolute Gasteiger partial charge is 0.379 e. The van der Waals surface area contributed by atoms with E-state index in [1.54, 1.807) is 6.92 Å². The van der Waals surface area contributed by atoms with E-state index in [4.69, 9.17) is 0 Å². The molecule has 0 saturated heterocycles. The molecule has 86 valence electrons. The van der Waals surface area contributed by atoms with Crippen LogP contribution in [0.25, 0.3) is 0 Å². The van der Waals surface area contributed by atoms with Crippen molar-refractivity contribution in [1.82, 2.24) is 0 Å². The Morgan fingerprint density at radius 2 is 1.88 bits per heavy atom. The van der Waals surface area contributed by atoms with Crippen LogP contribution < -0.4 is 0 Å². The molecular formula is C12H13FO3. The molecule has 16 heavy (non-hydrogen) atoms. The maximum Gasteiger partial charge on any atom is 0.379 e. The molecule has 0 saturated carbocycles. The number of alkyl halides is 1. The summed E-state index contributed by atoms with van der Waals surface area (Å²) in [6.07, 6.45) is -1.09. The Morgan fingerprint density at radius 3 is 2.31 bits per heavy atom. The van der Waals surface area contributed by atoms with Gasteiger partial charge in [-0.05, 0) is 19.4 Å². The van der Waals surface area contributed by atoms with Gasteiger partial charge in [-0.3, -0.25) is 4.79 Å². The molecule has 1 unspecified atom stereocenters. The van der Waals surface area contributed by atoms with Gasteiger partial charge in [0.15, 0.2) is 0 Å². The summed E-state index contributed by atoms with van der Waals surface area (Å²) in [5, 5.41) is 0. The molecule has 3 nitrogen and oxygen atoms in total. The van der Waals surface area contributed by atoms with Gasteiger partial charge in [0.1, 0.15) is 6.17 Å². The number of carbonyl (C=O) groups is 2. The van der Waals surface area contributed by atoms with Crippen molar-refractivity contribution in [3.05, 3.63) is 35.4 Å². The highest BCUT2D eigenvalue weighted by Crippen LogP contribution is 2.16. The quantitative estimate of drug-likeness (QED) is 0.448. The third kappa shape index (κ3) is 2.89. The fourth-order valence-corrected chi connectivity index (χ4v) is 1.21. The Morgan fingerprint density at radius 1 is 1.31 bits per heavy atom. The van der Waals surface area contributed by atoms with Gasteiger partial charge in [-0.1, -0.05) is 24.3 Å². The Bertz CT molecular complexity index is 382. The van der Waals surface area contributed by atoms with E-state index >= 15 is 0 Å². The van der Waals surface area contributed by atoms with Gasteiger partial charge in [0.25, 0.3) is 5.78 Å². The largest absolute Gasteiger partial charge is 0.460 e. The first kappa shape index (κ1) is 12.4. The van der Waals surface area contributed by atoms with Crippen LogP contribution in [0.15, 0.2) is 24.3 Å². The molecule has 0 bridgehead atoms. The second-order valence-corrected chi connectivity index (χ2v) is 3.29. The van der Waals surface area contributed by atoms with Crippen LogP contribution in [0.4, 0.5) is 4.39 Å². The number of benzene rings is 1. The van der Waals surface area contributed by atoms with Crippen LogP contribution in [-0.2, 0) is 9.53 Å². The molecular weight excluding hydrogens is 211 g/mol. The van der Waals surface area contributed by atoms with Crippen molar-refractivity contribution in [3.8, 4) is 0 Å². The third-order valence-electron chi connectivity index (χ3n) is 2.09. The molecule has 0 aliphatic carbocycles. The van der Waals surface area contributed by atoms with Crippen LogP contribution in [0.2, 0.25) is 0 Å². The molecule has 1 aromatic rings. The number of ether oxygens (including phenoxy) is 1. The molecule has 0 aromatic heterocycles. The SMILES string of the molecule is CCOC(=O)C(=O)c1ccc(C(C)F)cc1. The maximum atomic E-state index is 12.9. The van der Waals surface area contributed by atoms with E-state index < -0.39 is 17.9 Å². The lowest BCUT2D eigenvalue weighted by atomic mass is 10.1. The van der Waals surface area contributed by atoms with Gasteiger partial charge in [-0.25, -0.2) is 9.18 Å². The van der Waals surface area contributed by atoms with Crippen LogP contribution >= 0.6 is 0 Å². The van der Waals surface area contributed by atoms with Crippen molar-refractivity contribution < 1.29 is 18.7 Å². The number of Topliss-reactive ketones (excluding diaryl/α,β-unsaturated/α-hetero) is 1.